The third-order valence-electron chi connectivity index (χ3n) is 1.61. The van der Waals surface area contributed by atoms with Crippen LogP contribution >= 0.6 is 0 Å². The molecule has 0 aromatic carbocycles. The predicted octanol–water partition coefficient (Wildman–Crippen LogP) is -0.0697. The van der Waals surface area contributed by atoms with Crippen LogP contribution in [0.5, 0.6) is 0 Å². The summed E-state index contributed by atoms with van der Waals surface area (Å²) in [6.45, 7) is 2.04. The molecule has 0 radical (unpaired) electrons. The molecule has 1 aliphatic heterocycles. The fourth-order valence-electron chi connectivity index (χ4n) is 0.819. The van der Waals surface area contributed by atoms with Crippen LogP contribution in [0.15, 0.2) is 0 Å². The van der Waals surface area contributed by atoms with Gasteiger partial charge in [0, 0.05) is 6.42 Å². The maximum Gasteiger partial charge on any atom is 0.311 e. The third kappa shape index (κ3) is 1.21. The highest BCUT2D eigenvalue weighted by Gasteiger charge is 2.27. The first kappa shape index (κ1) is 6.55. The minimum Gasteiger partial charge on any atom is -0.465 e. The van der Waals surface area contributed by atoms with Crippen molar-refractivity contribution in [2.45, 2.75) is 19.4 Å². The molecule has 52 valence electrons. The Labute approximate surface area is 53.6 Å². The van der Waals surface area contributed by atoms with E-state index in [4.69, 9.17) is 5.11 Å². The first-order valence-corrected chi connectivity index (χ1v) is 3.06. The summed E-state index contributed by atoms with van der Waals surface area (Å²) in [7, 11) is 0. The molecule has 1 N–H and O–H groups in total. The Hall–Kier alpha value is -0.570. The van der Waals surface area contributed by atoms with Crippen molar-refractivity contribution in [1.82, 2.24) is 0 Å². The molecule has 0 aromatic rings. The fraction of sp³-hybridized carbons (Fsp3) is 0.833. The quantitative estimate of drug-likeness (QED) is 0.467. The van der Waals surface area contributed by atoms with E-state index in [2.05, 4.69) is 4.74 Å². The molecule has 1 unspecified atom stereocenters. The van der Waals surface area contributed by atoms with Crippen molar-refractivity contribution in [1.29, 1.82) is 0 Å². The van der Waals surface area contributed by atoms with Crippen molar-refractivity contribution in [3.8, 4) is 0 Å². The van der Waals surface area contributed by atoms with Crippen LogP contribution in [0.4, 0.5) is 0 Å². The highest BCUT2D eigenvalue weighted by atomic mass is 16.5. The van der Waals surface area contributed by atoms with E-state index >= 15 is 0 Å². The zero-order valence-corrected chi connectivity index (χ0v) is 5.33. The largest absolute Gasteiger partial charge is 0.465 e. The molecule has 9 heavy (non-hydrogen) atoms. The summed E-state index contributed by atoms with van der Waals surface area (Å²) < 4.78 is 4.66. The van der Waals surface area contributed by atoms with Gasteiger partial charge >= 0.3 is 5.97 Å². The Morgan fingerprint density at radius 3 is 2.89 bits per heavy atom. The number of aliphatic hydroxyl groups is 1. The van der Waals surface area contributed by atoms with Gasteiger partial charge in [-0.3, -0.25) is 4.79 Å². The van der Waals surface area contributed by atoms with E-state index in [1.165, 1.54) is 0 Å². The number of aliphatic hydroxyl groups excluding tert-OH is 1. The summed E-state index contributed by atoms with van der Waals surface area (Å²) in [5, 5.41) is 9.05. The molecule has 0 aromatic heterocycles. The maximum atomic E-state index is 10.6. The van der Waals surface area contributed by atoms with Gasteiger partial charge in [-0.2, -0.15) is 0 Å². The zero-order valence-electron chi connectivity index (χ0n) is 5.33. The van der Waals surface area contributed by atoms with E-state index in [1.54, 1.807) is 6.92 Å². The van der Waals surface area contributed by atoms with Crippen molar-refractivity contribution in [3.63, 3.8) is 0 Å². The molecule has 2 atom stereocenters. The average Bonchev–Trinajstić information content (AvgIpc) is 1.83. The van der Waals surface area contributed by atoms with Crippen LogP contribution < -0.4 is 0 Å². The van der Waals surface area contributed by atoms with Crippen LogP contribution in [0.25, 0.3) is 0 Å². The number of carbonyl (C=O) groups is 1. The molecule has 0 bridgehead atoms. The van der Waals surface area contributed by atoms with Gasteiger partial charge in [-0.05, 0) is 6.92 Å². The molecule has 1 rings (SSSR count). The first-order valence-electron chi connectivity index (χ1n) is 3.06. The van der Waals surface area contributed by atoms with Crippen LogP contribution in [0.1, 0.15) is 13.3 Å². The standard InChI is InChI=1S/C6H10O3/c1-4-5(7)2-3-9-6(4)8/h4-5,7H,2-3H2,1H3/t4?,5-/m0/s1. The topological polar surface area (TPSA) is 46.5 Å². The molecular weight excluding hydrogens is 120 g/mol. The molecule has 0 spiro atoms. The lowest BCUT2D eigenvalue weighted by Gasteiger charge is -2.22. The molecule has 0 amide bonds. The summed E-state index contributed by atoms with van der Waals surface area (Å²) >= 11 is 0. The van der Waals surface area contributed by atoms with Crippen molar-refractivity contribution < 1.29 is 14.6 Å². The van der Waals surface area contributed by atoms with Gasteiger partial charge in [-0.25, -0.2) is 0 Å². The lowest BCUT2D eigenvalue weighted by molar-refractivity contribution is -0.159. The number of carbonyl (C=O) groups excluding carboxylic acids is 1. The Morgan fingerprint density at radius 1 is 1.78 bits per heavy atom. The van der Waals surface area contributed by atoms with Gasteiger partial charge in [-0.1, -0.05) is 0 Å². The summed E-state index contributed by atoms with van der Waals surface area (Å²) in [6, 6.07) is 0. The first-order chi connectivity index (χ1) is 4.22. The van der Waals surface area contributed by atoms with Crippen molar-refractivity contribution in [2.24, 2.45) is 5.92 Å². The van der Waals surface area contributed by atoms with Crippen LogP contribution in [-0.2, 0) is 9.53 Å². The minimum atomic E-state index is -0.494. The van der Waals surface area contributed by atoms with Gasteiger partial charge in [0.25, 0.3) is 0 Å². The lowest BCUT2D eigenvalue weighted by Crippen LogP contribution is -2.34. The number of cyclic esters (lactones) is 1. The highest BCUT2D eigenvalue weighted by molar-refractivity contribution is 5.73. The molecule has 1 heterocycles. The number of hydrogen-bond acceptors (Lipinski definition) is 3. The van der Waals surface area contributed by atoms with E-state index in [0.29, 0.717) is 13.0 Å². The lowest BCUT2D eigenvalue weighted by atomic mass is 10.0. The summed E-state index contributed by atoms with van der Waals surface area (Å²) in [5.74, 6) is -0.618. The van der Waals surface area contributed by atoms with Crippen molar-refractivity contribution >= 4 is 5.97 Å². The molecular formula is C6H10O3. The molecule has 1 aliphatic rings. The Balaban J connectivity index is 2.51. The number of esters is 1. The van der Waals surface area contributed by atoms with Gasteiger partial charge in [0.15, 0.2) is 0 Å². The zero-order chi connectivity index (χ0) is 6.85. The molecule has 1 saturated heterocycles. The average molecular weight is 130 g/mol. The third-order valence-corrected chi connectivity index (χ3v) is 1.61. The second-order valence-corrected chi connectivity index (χ2v) is 2.31. The van der Waals surface area contributed by atoms with Crippen molar-refractivity contribution in [3.05, 3.63) is 0 Å². The number of hydrogen-bond donors (Lipinski definition) is 1. The van der Waals surface area contributed by atoms with Gasteiger partial charge in [-0.15, -0.1) is 0 Å². The minimum absolute atomic E-state index is 0.284. The smallest absolute Gasteiger partial charge is 0.311 e. The van der Waals surface area contributed by atoms with Gasteiger partial charge in [0.05, 0.1) is 18.6 Å². The van der Waals surface area contributed by atoms with Crippen LogP contribution in [0.2, 0.25) is 0 Å². The maximum absolute atomic E-state index is 10.6. The van der Waals surface area contributed by atoms with E-state index in [0.717, 1.165) is 0 Å². The van der Waals surface area contributed by atoms with Crippen LogP contribution in [0, 0.1) is 5.92 Å². The summed E-state index contributed by atoms with van der Waals surface area (Å²) in [5.41, 5.74) is 0. The Morgan fingerprint density at radius 2 is 2.44 bits per heavy atom. The Bertz CT molecular complexity index is 121. The highest BCUT2D eigenvalue weighted by Crippen LogP contribution is 2.14. The number of ether oxygens (including phenoxy) is 1. The van der Waals surface area contributed by atoms with Crippen molar-refractivity contribution in [2.75, 3.05) is 6.61 Å². The molecule has 0 saturated carbocycles. The predicted molar refractivity (Wildman–Crippen MR) is 30.7 cm³/mol. The van der Waals surface area contributed by atoms with Gasteiger partial charge in [0.1, 0.15) is 0 Å². The van der Waals surface area contributed by atoms with E-state index in [-0.39, 0.29) is 11.9 Å². The second-order valence-electron chi connectivity index (χ2n) is 2.31. The van der Waals surface area contributed by atoms with E-state index in [1.807, 2.05) is 0 Å². The van der Waals surface area contributed by atoms with Gasteiger partial charge in [0.2, 0.25) is 0 Å². The summed E-state index contributed by atoms with van der Waals surface area (Å²) in [4.78, 5) is 10.6. The monoisotopic (exact) mass is 130 g/mol. The summed E-state index contributed by atoms with van der Waals surface area (Å²) in [6.07, 6.45) is 0.0821. The van der Waals surface area contributed by atoms with Crippen LogP contribution in [-0.4, -0.2) is 23.8 Å². The SMILES string of the molecule is CC1C(=O)OCC[C@@H]1O. The second kappa shape index (κ2) is 2.35. The Kier molecular flexibility index (Phi) is 1.71. The van der Waals surface area contributed by atoms with E-state index < -0.39 is 6.10 Å². The molecule has 3 nitrogen and oxygen atoms in total. The van der Waals surface area contributed by atoms with Gasteiger partial charge < -0.3 is 9.84 Å². The molecule has 1 fully saturated rings. The molecule has 0 aliphatic carbocycles. The number of rotatable bonds is 0. The fourth-order valence-corrected chi connectivity index (χ4v) is 0.819. The van der Waals surface area contributed by atoms with Crippen LogP contribution in [0.3, 0.4) is 0 Å². The van der Waals surface area contributed by atoms with E-state index in [9.17, 15) is 4.79 Å². The molecule has 3 heteroatoms. The normalized spacial score (nSPS) is 36.0.